The van der Waals surface area contributed by atoms with E-state index in [1.54, 1.807) is 12.1 Å². The average molecular weight is 489 g/mol. The number of nitrogens with one attached hydrogen (secondary N) is 1. The molecule has 0 fully saturated rings. The zero-order valence-electron chi connectivity index (χ0n) is 9.95. The van der Waals surface area contributed by atoms with E-state index >= 15 is 0 Å². The highest BCUT2D eigenvalue weighted by Crippen LogP contribution is 2.26. The van der Waals surface area contributed by atoms with E-state index in [0.717, 1.165) is 3.57 Å². The van der Waals surface area contributed by atoms with Gasteiger partial charge in [0.1, 0.15) is 5.75 Å². The molecule has 0 unspecified atom stereocenters. The lowest BCUT2D eigenvalue weighted by atomic mass is 10.2. The Hall–Kier alpha value is -0.580. The van der Waals surface area contributed by atoms with Crippen LogP contribution < -0.4 is 5.32 Å². The molecular formula is C12H13I2NO4. The summed E-state index contributed by atoms with van der Waals surface area (Å²) in [7, 11) is 0. The van der Waals surface area contributed by atoms with Gasteiger partial charge >= 0.3 is 5.97 Å². The fourth-order valence-electron chi connectivity index (χ4n) is 1.44. The Labute approximate surface area is 138 Å². The van der Waals surface area contributed by atoms with Crippen LogP contribution in [0.15, 0.2) is 12.1 Å². The van der Waals surface area contributed by atoms with Crippen LogP contribution in [-0.2, 0) is 4.79 Å². The second-order valence-corrected chi connectivity index (χ2v) is 6.30. The third-order valence-electron chi connectivity index (χ3n) is 2.38. The molecule has 0 bridgehead atoms. The Bertz CT molecular complexity index is 491. The van der Waals surface area contributed by atoms with Crippen LogP contribution in [0.25, 0.3) is 0 Å². The lowest BCUT2D eigenvalue weighted by Crippen LogP contribution is -2.24. The molecule has 0 spiro atoms. The van der Waals surface area contributed by atoms with Gasteiger partial charge in [0.2, 0.25) is 0 Å². The first-order chi connectivity index (χ1) is 8.91. The molecule has 0 aliphatic heterocycles. The number of rotatable bonds is 6. The molecule has 1 amide bonds. The number of carbonyl (C=O) groups is 2. The first kappa shape index (κ1) is 16.5. The van der Waals surface area contributed by atoms with Gasteiger partial charge in [0.25, 0.3) is 5.91 Å². The molecule has 0 aliphatic rings. The number of carboxylic acid groups (broad SMARTS) is 1. The summed E-state index contributed by atoms with van der Waals surface area (Å²) in [4.78, 5) is 22.2. The van der Waals surface area contributed by atoms with E-state index in [4.69, 9.17) is 5.11 Å². The van der Waals surface area contributed by atoms with Crippen molar-refractivity contribution in [2.45, 2.75) is 19.3 Å². The summed E-state index contributed by atoms with van der Waals surface area (Å²) >= 11 is 4.05. The Morgan fingerprint density at radius 1 is 1.21 bits per heavy atom. The molecule has 1 aromatic carbocycles. The first-order valence-corrected chi connectivity index (χ1v) is 7.75. The predicted molar refractivity (Wildman–Crippen MR) is 87.4 cm³/mol. The van der Waals surface area contributed by atoms with E-state index in [-0.39, 0.29) is 23.6 Å². The van der Waals surface area contributed by atoms with Crippen LogP contribution in [0.4, 0.5) is 0 Å². The number of carboxylic acids is 1. The Morgan fingerprint density at radius 3 is 2.53 bits per heavy atom. The van der Waals surface area contributed by atoms with Gasteiger partial charge < -0.3 is 15.5 Å². The Morgan fingerprint density at radius 2 is 1.89 bits per heavy atom. The number of aliphatic carboxylic acids is 1. The normalized spacial score (nSPS) is 10.2. The maximum absolute atomic E-state index is 11.9. The van der Waals surface area contributed by atoms with Crippen molar-refractivity contribution in [2.75, 3.05) is 6.54 Å². The predicted octanol–water partition coefficient (Wildman–Crippen LogP) is 2.59. The van der Waals surface area contributed by atoms with Gasteiger partial charge in [-0.3, -0.25) is 9.59 Å². The van der Waals surface area contributed by atoms with E-state index in [9.17, 15) is 14.7 Å². The maximum Gasteiger partial charge on any atom is 0.303 e. The van der Waals surface area contributed by atoms with Gasteiger partial charge in [0.05, 0.1) is 9.13 Å². The number of hydrogen-bond donors (Lipinski definition) is 3. The lowest BCUT2D eigenvalue weighted by Gasteiger charge is -2.08. The van der Waals surface area contributed by atoms with Crippen LogP contribution in [0.2, 0.25) is 0 Å². The van der Waals surface area contributed by atoms with Crippen molar-refractivity contribution in [3.63, 3.8) is 0 Å². The molecular weight excluding hydrogens is 476 g/mol. The highest BCUT2D eigenvalue weighted by atomic mass is 127. The van der Waals surface area contributed by atoms with Gasteiger partial charge in [0, 0.05) is 16.5 Å². The molecule has 0 aromatic heterocycles. The summed E-state index contributed by atoms with van der Waals surface area (Å²) in [6.07, 6.45) is 1.22. The SMILES string of the molecule is O=C(O)CCCCNC(=O)c1cc(I)cc(I)c1O. The quantitative estimate of drug-likeness (QED) is 0.424. The minimum Gasteiger partial charge on any atom is -0.506 e. The first-order valence-electron chi connectivity index (χ1n) is 5.60. The van der Waals surface area contributed by atoms with Gasteiger partial charge in [-0.25, -0.2) is 0 Å². The molecule has 3 N–H and O–H groups in total. The summed E-state index contributed by atoms with van der Waals surface area (Å²) in [6.45, 7) is 0.396. The van der Waals surface area contributed by atoms with Gasteiger partial charge in [-0.2, -0.15) is 0 Å². The standard InChI is InChI=1S/C12H13I2NO4/c13-7-5-8(11(18)9(14)6-7)12(19)15-4-2-1-3-10(16)17/h5-6,18H,1-4H2,(H,15,19)(H,16,17). The summed E-state index contributed by atoms with van der Waals surface area (Å²) in [5.41, 5.74) is 0.245. The smallest absolute Gasteiger partial charge is 0.303 e. The van der Waals surface area contributed by atoms with Gasteiger partial charge in [-0.15, -0.1) is 0 Å². The summed E-state index contributed by atoms with van der Waals surface area (Å²) in [5, 5.41) is 21.0. The number of phenolic OH excluding ortho intramolecular Hbond substituents is 1. The van der Waals surface area contributed by atoms with Crippen LogP contribution in [0.1, 0.15) is 29.6 Å². The Balaban J connectivity index is 2.52. The number of aromatic hydroxyl groups is 1. The third-order valence-corrected chi connectivity index (χ3v) is 3.82. The fourth-order valence-corrected chi connectivity index (χ4v) is 3.28. The van der Waals surface area contributed by atoms with Crippen molar-refractivity contribution in [3.05, 3.63) is 24.8 Å². The molecule has 0 atom stereocenters. The van der Waals surface area contributed by atoms with E-state index in [1.165, 1.54) is 0 Å². The molecule has 0 saturated heterocycles. The molecule has 0 radical (unpaired) electrons. The van der Waals surface area contributed by atoms with E-state index in [1.807, 2.05) is 22.6 Å². The van der Waals surface area contributed by atoms with Gasteiger partial charge in [-0.05, 0) is 70.2 Å². The number of hydrogen-bond acceptors (Lipinski definition) is 3. The summed E-state index contributed by atoms with van der Waals surface area (Å²) < 4.78 is 1.50. The van der Waals surface area contributed by atoms with Gasteiger partial charge in [-0.1, -0.05) is 0 Å². The second-order valence-electron chi connectivity index (χ2n) is 3.89. The Kier molecular flexibility index (Phi) is 6.83. The highest BCUT2D eigenvalue weighted by molar-refractivity contribution is 14.1. The van der Waals surface area contributed by atoms with Crippen LogP contribution in [0.3, 0.4) is 0 Å². The van der Waals surface area contributed by atoms with Crippen LogP contribution in [0, 0.1) is 7.14 Å². The number of unbranched alkanes of at least 4 members (excludes halogenated alkanes) is 1. The van der Waals surface area contributed by atoms with Crippen molar-refractivity contribution >= 4 is 57.1 Å². The third kappa shape index (κ3) is 5.51. The summed E-state index contributed by atoms with van der Waals surface area (Å²) in [6, 6.07) is 3.39. The number of benzene rings is 1. The molecule has 7 heteroatoms. The van der Waals surface area contributed by atoms with E-state index in [0.29, 0.717) is 23.0 Å². The highest BCUT2D eigenvalue weighted by Gasteiger charge is 2.14. The van der Waals surface area contributed by atoms with Crippen molar-refractivity contribution in [2.24, 2.45) is 0 Å². The maximum atomic E-state index is 11.9. The van der Waals surface area contributed by atoms with Crippen molar-refractivity contribution < 1.29 is 19.8 Å². The van der Waals surface area contributed by atoms with Crippen LogP contribution >= 0.6 is 45.2 Å². The fraction of sp³-hybridized carbons (Fsp3) is 0.333. The second kappa shape index (κ2) is 7.88. The van der Waals surface area contributed by atoms with Crippen LogP contribution in [0.5, 0.6) is 5.75 Å². The monoisotopic (exact) mass is 489 g/mol. The zero-order valence-corrected chi connectivity index (χ0v) is 14.3. The molecule has 1 aromatic rings. The molecule has 1 rings (SSSR count). The topological polar surface area (TPSA) is 86.6 Å². The number of carbonyl (C=O) groups excluding carboxylic acids is 1. The summed E-state index contributed by atoms with van der Waals surface area (Å²) in [5.74, 6) is -1.20. The minimum atomic E-state index is -0.837. The number of amides is 1. The number of phenols is 1. The van der Waals surface area contributed by atoms with E-state index < -0.39 is 5.97 Å². The van der Waals surface area contributed by atoms with E-state index in [2.05, 4.69) is 27.9 Å². The molecule has 19 heavy (non-hydrogen) atoms. The number of halogens is 2. The zero-order chi connectivity index (χ0) is 14.4. The van der Waals surface area contributed by atoms with Crippen molar-refractivity contribution in [1.29, 1.82) is 0 Å². The molecule has 0 heterocycles. The molecule has 5 nitrogen and oxygen atoms in total. The van der Waals surface area contributed by atoms with Crippen molar-refractivity contribution in [1.82, 2.24) is 5.32 Å². The van der Waals surface area contributed by atoms with Crippen LogP contribution in [-0.4, -0.2) is 28.6 Å². The lowest BCUT2D eigenvalue weighted by molar-refractivity contribution is -0.137. The minimum absolute atomic E-state index is 0.0240. The molecule has 0 saturated carbocycles. The average Bonchev–Trinajstić information content (AvgIpc) is 2.32. The molecule has 104 valence electrons. The largest absolute Gasteiger partial charge is 0.506 e. The van der Waals surface area contributed by atoms with Gasteiger partial charge in [0.15, 0.2) is 0 Å². The molecule has 0 aliphatic carbocycles. The van der Waals surface area contributed by atoms with Crippen molar-refractivity contribution in [3.8, 4) is 5.75 Å².